The average molecular weight is 411 g/mol. The number of carbonyl (C=O) groups excluding carboxylic acids is 2. The third-order valence-electron chi connectivity index (χ3n) is 6.40. The smallest absolute Gasteiger partial charge is 0.233 e. The van der Waals surface area contributed by atoms with Crippen LogP contribution in [0.1, 0.15) is 25.0 Å². The Kier molecular flexibility index (Phi) is 6.18. The molecule has 0 aromatic heterocycles. The van der Waals surface area contributed by atoms with Gasteiger partial charge in [0.25, 0.3) is 0 Å². The van der Waals surface area contributed by atoms with E-state index < -0.39 is 0 Å². The molecule has 1 aromatic rings. The highest BCUT2D eigenvalue weighted by atomic mass is 16.5. The number of nitrogens with one attached hydrogen (secondary N) is 2. The van der Waals surface area contributed by atoms with Gasteiger partial charge >= 0.3 is 0 Å². The number of aliphatic imine (C=N–C) groups is 1. The summed E-state index contributed by atoms with van der Waals surface area (Å²) < 4.78 is 5.58. The van der Waals surface area contributed by atoms with Gasteiger partial charge in [-0.15, -0.1) is 0 Å². The first-order valence-electron chi connectivity index (χ1n) is 10.8. The molecule has 5 unspecified atom stereocenters. The maximum atomic E-state index is 12.8. The van der Waals surface area contributed by atoms with Crippen molar-refractivity contribution >= 4 is 17.8 Å². The number of imide groups is 1. The summed E-state index contributed by atoms with van der Waals surface area (Å²) in [6.07, 6.45) is 5.06. The minimum Gasteiger partial charge on any atom is -0.375 e. The van der Waals surface area contributed by atoms with E-state index in [0.717, 1.165) is 18.5 Å². The van der Waals surface area contributed by atoms with Gasteiger partial charge in [-0.2, -0.15) is 0 Å². The molecule has 160 valence electrons. The number of benzene rings is 1. The number of methoxy groups -OCH3 is 1. The summed E-state index contributed by atoms with van der Waals surface area (Å²) in [5.41, 5.74) is 1.07. The fraction of sp³-hybridized carbons (Fsp3) is 0.522. The van der Waals surface area contributed by atoms with Crippen LogP contribution in [-0.4, -0.2) is 56.0 Å². The molecule has 7 heteroatoms. The normalized spacial score (nSPS) is 28.2. The minimum atomic E-state index is -0.136. The zero-order valence-electron chi connectivity index (χ0n) is 17.6. The lowest BCUT2D eigenvalue weighted by Gasteiger charge is -2.19. The number of fused-ring (bicyclic) bond motifs is 5. The van der Waals surface area contributed by atoms with Crippen molar-refractivity contribution in [1.29, 1.82) is 0 Å². The van der Waals surface area contributed by atoms with Gasteiger partial charge in [-0.05, 0) is 30.7 Å². The van der Waals surface area contributed by atoms with Crippen LogP contribution >= 0.6 is 0 Å². The second-order valence-corrected chi connectivity index (χ2v) is 8.11. The molecule has 1 heterocycles. The SMILES string of the molecule is CCNC(=NCC(OC)c1ccccc1)NCCN1C(=O)C2C3C=CC(C3)C2C1=O. The Labute approximate surface area is 177 Å². The molecule has 1 saturated heterocycles. The lowest BCUT2D eigenvalue weighted by Crippen LogP contribution is -2.43. The van der Waals surface area contributed by atoms with Crippen molar-refractivity contribution < 1.29 is 14.3 Å². The van der Waals surface area contributed by atoms with Crippen molar-refractivity contribution in [3.05, 3.63) is 48.0 Å². The molecule has 5 atom stereocenters. The summed E-state index contributed by atoms with van der Waals surface area (Å²) in [7, 11) is 1.68. The number of hydrogen-bond donors (Lipinski definition) is 2. The van der Waals surface area contributed by atoms with Gasteiger partial charge in [0.1, 0.15) is 6.10 Å². The van der Waals surface area contributed by atoms with E-state index >= 15 is 0 Å². The molecular formula is C23H30N4O3. The number of allylic oxidation sites excluding steroid dienone is 2. The summed E-state index contributed by atoms with van der Waals surface area (Å²) in [5, 5.41) is 6.46. The zero-order chi connectivity index (χ0) is 21.1. The lowest BCUT2D eigenvalue weighted by molar-refractivity contribution is -0.140. The highest BCUT2D eigenvalue weighted by Gasteiger charge is 2.58. The van der Waals surface area contributed by atoms with E-state index in [-0.39, 0.29) is 41.6 Å². The quantitative estimate of drug-likeness (QED) is 0.295. The van der Waals surface area contributed by atoms with Crippen molar-refractivity contribution in [3.8, 4) is 0 Å². The highest BCUT2D eigenvalue weighted by molar-refractivity contribution is 6.06. The van der Waals surface area contributed by atoms with Crippen LogP contribution in [0.2, 0.25) is 0 Å². The molecular weight excluding hydrogens is 380 g/mol. The average Bonchev–Trinajstić information content (AvgIpc) is 3.44. The molecule has 2 aliphatic carbocycles. The number of guanidine groups is 1. The summed E-state index contributed by atoms with van der Waals surface area (Å²) in [4.78, 5) is 31.6. The van der Waals surface area contributed by atoms with E-state index in [0.29, 0.717) is 25.6 Å². The van der Waals surface area contributed by atoms with Gasteiger partial charge in [0, 0.05) is 26.7 Å². The Bertz CT molecular complexity index is 808. The number of likely N-dealkylation sites (tertiary alicyclic amines) is 1. The Morgan fingerprint density at radius 2 is 1.80 bits per heavy atom. The van der Waals surface area contributed by atoms with Crippen LogP contribution in [0.4, 0.5) is 0 Å². The standard InChI is InChI=1S/C23H30N4O3/c1-3-24-23(26-14-18(30-2)15-7-5-4-6-8-15)25-11-12-27-21(28)19-16-9-10-17(13-16)20(19)22(27)29/h4-10,16-20H,3,11-14H2,1-2H3,(H2,24,25,26). The summed E-state index contributed by atoms with van der Waals surface area (Å²) in [6.45, 7) is 4.02. The summed E-state index contributed by atoms with van der Waals surface area (Å²) in [5.74, 6) is 0.861. The Morgan fingerprint density at radius 1 is 1.13 bits per heavy atom. The second kappa shape index (κ2) is 9.00. The third kappa shape index (κ3) is 3.86. The first-order valence-corrected chi connectivity index (χ1v) is 10.8. The maximum absolute atomic E-state index is 12.8. The van der Waals surface area contributed by atoms with Gasteiger partial charge in [0.15, 0.2) is 5.96 Å². The monoisotopic (exact) mass is 410 g/mol. The molecule has 2 fully saturated rings. The number of rotatable bonds is 8. The van der Waals surface area contributed by atoms with Crippen LogP contribution in [0.5, 0.6) is 0 Å². The predicted molar refractivity (Wildman–Crippen MR) is 115 cm³/mol. The molecule has 3 aliphatic rings. The molecule has 2 N–H and O–H groups in total. The highest BCUT2D eigenvalue weighted by Crippen LogP contribution is 2.52. The number of ether oxygens (including phenoxy) is 1. The second-order valence-electron chi connectivity index (χ2n) is 8.11. The molecule has 2 bridgehead atoms. The third-order valence-corrected chi connectivity index (χ3v) is 6.40. The molecule has 4 rings (SSSR count). The fourth-order valence-corrected chi connectivity index (χ4v) is 4.97. The number of nitrogens with zero attached hydrogens (tertiary/aromatic N) is 2. The van der Waals surface area contributed by atoms with E-state index in [1.165, 1.54) is 4.90 Å². The summed E-state index contributed by atoms with van der Waals surface area (Å²) in [6, 6.07) is 9.98. The van der Waals surface area contributed by atoms with Crippen LogP contribution in [-0.2, 0) is 14.3 Å². The molecule has 1 aliphatic heterocycles. The Balaban J connectivity index is 1.33. The zero-order valence-corrected chi connectivity index (χ0v) is 17.6. The first kappa shape index (κ1) is 20.6. The van der Waals surface area contributed by atoms with Gasteiger partial charge in [0.05, 0.1) is 18.4 Å². The van der Waals surface area contributed by atoms with Gasteiger partial charge in [0.2, 0.25) is 11.8 Å². The number of hydrogen-bond acceptors (Lipinski definition) is 4. The molecule has 0 spiro atoms. The van der Waals surface area contributed by atoms with E-state index in [1.54, 1.807) is 7.11 Å². The largest absolute Gasteiger partial charge is 0.375 e. The van der Waals surface area contributed by atoms with Crippen LogP contribution in [0.3, 0.4) is 0 Å². The van der Waals surface area contributed by atoms with Gasteiger partial charge in [-0.25, -0.2) is 0 Å². The molecule has 7 nitrogen and oxygen atoms in total. The maximum Gasteiger partial charge on any atom is 0.233 e. The van der Waals surface area contributed by atoms with Crippen LogP contribution in [0, 0.1) is 23.7 Å². The summed E-state index contributed by atoms with van der Waals surface area (Å²) >= 11 is 0. The molecule has 2 amide bonds. The Hall–Kier alpha value is -2.67. The molecule has 0 radical (unpaired) electrons. The van der Waals surface area contributed by atoms with Gasteiger partial charge in [-0.1, -0.05) is 42.5 Å². The van der Waals surface area contributed by atoms with Gasteiger partial charge in [-0.3, -0.25) is 19.5 Å². The number of carbonyl (C=O) groups is 2. The fourth-order valence-electron chi connectivity index (χ4n) is 4.97. The molecule has 1 saturated carbocycles. The minimum absolute atomic E-state index is 0.00545. The molecule has 30 heavy (non-hydrogen) atoms. The van der Waals surface area contributed by atoms with Crippen molar-refractivity contribution in [2.75, 3.05) is 33.3 Å². The van der Waals surface area contributed by atoms with Crippen molar-refractivity contribution in [2.24, 2.45) is 28.7 Å². The first-order chi connectivity index (χ1) is 14.6. The van der Waals surface area contributed by atoms with Crippen LogP contribution < -0.4 is 10.6 Å². The van der Waals surface area contributed by atoms with E-state index in [2.05, 4.69) is 27.8 Å². The van der Waals surface area contributed by atoms with Crippen LogP contribution in [0.15, 0.2) is 47.5 Å². The van der Waals surface area contributed by atoms with Crippen LogP contribution in [0.25, 0.3) is 0 Å². The predicted octanol–water partition coefficient (Wildman–Crippen LogP) is 1.74. The van der Waals surface area contributed by atoms with E-state index in [9.17, 15) is 9.59 Å². The Morgan fingerprint density at radius 3 is 2.40 bits per heavy atom. The van der Waals surface area contributed by atoms with Crippen molar-refractivity contribution in [2.45, 2.75) is 19.4 Å². The lowest BCUT2D eigenvalue weighted by atomic mass is 9.85. The number of amides is 2. The van der Waals surface area contributed by atoms with Crippen molar-refractivity contribution in [1.82, 2.24) is 15.5 Å². The van der Waals surface area contributed by atoms with E-state index in [4.69, 9.17) is 4.74 Å². The van der Waals surface area contributed by atoms with E-state index in [1.807, 2.05) is 37.3 Å². The van der Waals surface area contributed by atoms with Crippen molar-refractivity contribution in [3.63, 3.8) is 0 Å². The van der Waals surface area contributed by atoms with Gasteiger partial charge < -0.3 is 15.4 Å². The molecule has 1 aromatic carbocycles. The topological polar surface area (TPSA) is 83.0 Å².